The van der Waals surface area contributed by atoms with Gasteiger partial charge in [-0.05, 0) is 0 Å². The number of rotatable bonds is 37. The van der Waals surface area contributed by atoms with Crippen LogP contribution in [0.4, 0.5) is 0 Å². The number of carboxylic acids is 3. The highest BCUT2D eigenvalue weighted by molar-refractivity contribution is 7.84. The molecule has 0 aromatic carbocycles. The van der Waals surface area contributed by atoms with E-state index in [0.717, 1.165) is 15.5 Å². The lowest BCUT2D eigenvalue weighted by atomic mass is 9.94. The second-order valence-corrected chi connectivity index (χ2v) is 32.4. The van der Waals surface area contributed by atoms with Crippen LogP contribution in [0.5, 0.6) is 0 Å². The Morgan fingerprint density at radius 2 is 0.578 bits per heavy atom. The van der Waals surface area contributed by atoms with Crippen LogP contribution in [0.25, 0.3) is 0 Å². The largest absolute Gasteiger partial charge is 0.479 e. The maximum absolute atomic E-state index is 13.2. The van der Waals surface area contributed by atoms with Gasteiger partial charge in [-0.3, -0.25) is 41.0 Å². The zero-order chi connectivity index (χ0) is 82.9. The first-order valence-corrected chi connectivity index (χ1v) is 40.9. The number of aliphatic carboxylic acids is 3. The summed E-state index contributed by atoms with van der Waals surface area (Å²) in [6.07, 6.45) is -80.8. The van der Waals surface area contributed by atoms with Gasteiger partial charge in [0.1, 0.15) is 110 Å². The molecule has 0 aliphatic carbocycles. The summed E-state index contributed by atoms with van der Waals surface area (Å²) in [5.41, 5.74) is 0. The van der Waals surface area contributed by atoms with E-state index in [2.05, 4.69) is 31.7 Å². The molecule has 6 aliphatic rings. The zero-order valence-electron chi connectivity index (χ0n) is 52.5. The van der Waals surface area contributed by atoms with Crippen LogP contribution >= 0.6 is 0 Å². The van der Waals surface area contributed by atoms with E-state index in [1.807, 2.05) is 0 Å². The number of aliphatic hydroxyl groups excluding tert-OH is 7. The van der Waals surface area contributed by atoms with E-state index in [0.29, 0.717) is 0 Å². The number of hydrogen-bond acceptors (Lipinski definition) is 46. The number of hydrogen-bond donors (Lipinski definition) is 22. The summed E-state index contributed by atoms with van der Waals surface area (Å²) < 4.78 is 400. The quantitative estimate of drug-likeness (QED) is 0.0203. The fraction of sp³-hybridized carbons (Fsp3) is 0.872. The first-order chi connectivity index (χ1) is 49.5. The van der Waals surface area contributed by atoms with E-state index in [9.17, 15) is 182 Å². The van der Waals surface area contributed by atoms with Crippen molar-refractivity contribution in [2.24, 2.45) is 0 Å². The molecular weight excluding hydrogens is 1730 g/mol. The van der Waals surface area contributed by atoms with E-state index in [1.165, 1.54) is 4.72 Å². The molecule has 109 heavy (non-hydrogen) atoms. The second kappa shape index (κ2) is 36.2. The molecule has 0 bridgehead atoms. The van der Waals surface area contributed by atoms with E-state index >= 15 is 0 Å². The number of carboxylic acid groups (broad SMARTS) is 3. The Hall–Kier alpha value is -3.78. The zero-order valence-corrected chi connectivity index (χ0v) is 59.9. The van der Waals surface area contributed by atoms with Crippen molar-refractivity contribution in [1.82, 2.24) is 14.2 Å². The van der Waals surface area contributed by atoms with Crippen molar-refractivity contribution in [3.63, 3.8) is 0 Å². The van der Waals surface area contributed by atoms with Crippen LogP contribution in [0.1, 0.15) is 0 Å². The fourth-order valence-corrected chi connectivity index (χ4v) is 14.9. The molecule has 6 fully saturated rings. The molecule has 6 aliphatic heterocycles. The average Bonchev–Trinajstić information content (AvgIpc) is 0.773. The van der Waals surface area contributed by atoms with Gasteiger partial charge in [0.15, 0.2) is 74.4 Å². The van der Waals surface area contributed by atoms with Crippen molar-refractivity contribution in [1.29, 1.82) is 0 Å². The Morgan fingerprint density at radius 3 is 0.835 bits per heavy atom. The Kier molecular flexibility index (Phi) is 31.2. The third-order valence-electron chi connectivity index (χ3n) is 14.9. The first-order valence-electron chi connectivity index (χ1n) is 28.4. The lowest BCUT2D eigenvalue weighted by molar-refractivity contribution is -0.375. The minimum Gasteiger partial charge on any atom is -0.479 e. The van der Waals surface area contributed by atoms with Gasteiger partial charge >= 0.3 is 111 Å². The summed E-state index contributed by atoms with van der Waals surface area (Å²) >= 11 is 0. The summed E-state index contributed by atoms with van der Waals surface area (Å²) in [6.45, 7) is -2.90. The molecule has 22 N–H and O–H groups in total. The minimum absolute atomic E-state index is 0.659. The van der Waals surface area contributed by atoms with E-state index < -0.39 is 322 Å². The van der Waals surface area contributed by atoms with Gasteiger partial charge in [0.2, 0.25) is 0 Å². The van der Waals surface area contributed by atoms with Gasteiger partial charge in [0, 0.05) is 0 Å². The van der Waals surface area contributed by atoms with Gasteiger partial charge in [-0.25, -0.2) is 39.5 Å². The molecule has 0 radical (unpaired) electrons. The van der Waals surface area contributed by atoms with Gasteiger partial charge in [0.25, 0.3) is 0 Å². The molecule has 0 unspecified atom stereocenters. The molecule has 636 valence electrons. The third-order valence-corrected chi connectivity index (χ3v) is 19.3. The molecule has 0 aromatic heterocycles. The highest BCUT2D eigenvalue weighted by atomic mass is 32.3. The van der Waals surface area contributed by atoms with Crippen molar-refractivity contribution in [3.05, 3.63) is 12.7 Å². The van der Waals surface area contributed by atoms with Gasteiger partial charge in [-0.15, -0.1) is 6.58 Å². The molecular formula is C39H63N3O58S9. The van der Waals surface area contributed by atoms with Crippen LogP contribution in [0.3, 0.4) is 0 Å². The summed E-state index contributed by atoms with van der Waals surface area (Å²) in [4.78, 5) is 38.3. The molecule has 6 saturated heterocycles. The number of carbonyl (C=O) groups is 3. The maximum atomic E-state index is 13.2. The van der Waals surface area contributed by atoms with Crippen LogP contribution in [0, 0.1) is 0 Å². The number of nitrogens with one attached hydrogen (secondary N) is 3. The van der Waals surface area contributed by atoms with Crippen LogP contribution in [-0.2, 0) is 190 Å². The normalized spacial score (nSPS) is 38.6. The van der Waals surface area contributed by atoms with Crippen molar-refractivity contribution in [2.75, 3.05) is 26.4 Å². The summed E-state index contributed by atoms with van der Waals surface area (Å²) in [6, 6.07) is -8.62. The summed E-state index contributed by atoms with van der Waals surface area (Å²) in [7, 11) is -53.5. The minimum atomic E-state index is -6.35. The molecule has 61 nitrogen and oxygen atoms in total. The predicted molar refractivity (Wildman–Crippen MR) is 315 cm³/mol. The van der Waals surface area contributed by atoms with Crippen LogP contribution < -0.4 is 14.2 Å². The lowest BCUT2D eigenvalue weighted by Crippen LogP contribution is -2.71. The van der Waals surface area contributed by atoms with Gasteiger partial charge in [-0.1, -0.05) is 6.08 Å². The first kappa shape index (κ1) is 94.1. The molecule has 70 heteroatoms. The lowest BCUT2D eigenvalue weighted by Gasteiger charge is -2.50. The van der Waals surface area contributed by atoms with Gasteiger partial charge < -0.3 is 108 Å². The van der Waals surface area contributed by atoms with Crippen LogP contribution in [0.15, 0.2) is 12.7 Å². The number of aliphatic hydroxyl groups is 7. The fourth-order valence-electron chi connectivity index (χ4n) is 10.8. The second-order valence-electron chi connectivity index (χ2n) is 22.4. The number of ether oxygens (including phenoxy) is 12. The van der Waals surface area contributed by atoms with E-state index in [1.54, 1.807) is 0 Å². The molecule has 0 amide bonds. The molecule has 0 saturated carbocycles. The van der Waals surface area contributed by atoms with Crippen molar-refractivity contribution >= 4 is 111 Å². The predicted octanol–water partition coefficient (Wildman–Crippen LogP) is -15.5. The van der Waals surface area contributed by atoms with Crippen LogP contribution in [0.2, 0.25) is 0 Å². The average molecular weight is 1790 g/mol. The van der Waals surface area contributed by atoms with E-state index in [-0.39, 0.29) is 0 Å². The third kappa shape index (κ3) is 27.2. The maximum Gasteiger partial charge on any atom is 0.397 e. The van der Waals surface area contributed by atoms with Gasteiger partial charge in [-0.2, -0.15) is 89.9 Å². The smallest absolute Gasteiger partial charge is 0.397 e. The Labute approximate surface area is 609 Å². The summed E-state index contributed by atoms with van der Waals surface area (Å²) in [5.74, 6) is -7.37. The van der Waals surface area contributed by atoms with Crippen molar-refractivity contribution in [3.8, 4) is 0 Å². The molecule has 6 rings (SSSR count). The Bertz CT molecular complexity index is 4290. The summed E-state index contributed by atoms with van der Waals surface area (Å²) in [5, 5.41) is 111. The van der Waals surface area contributed by atoms with Crippen molar-refractivity contribution in [2.45, 2.75) is 184 Å². The van der Waals surface area contributed by atoms with Gasteiger partial charge in [0.05, 0.1) is 26.4 Å². The highest BCUT2D eigenvalue weighted by Crippen LogP contribution is 2.40. The SMILES string of the molecule is C=CCO[C@H]1O[C@H](COS(=O)(=O)O)[C@@H](O[C@@H]2O[C@@H](C(=O)O)[C@@H](O[C@H]3O[C@H](COS(=O)(=O)O)[C@@H](O[C@@H]4O[C@@H](C(=O)O)[C@@H](O[C@H]5O[C@H](COS(=O)(=O)O)[C@@H](O[C@@H]6O[C@@H](C(=O)O)[C@@H](O)[C@H](O)[C@H]6OS(=O)(=O)O)[C@H](O)[C@H]5NS(=O)(=O)O)[C@H](O)[C@H]4OS(=O)(=O)O)[C@H](O)[C@H]3NS(=O)(=O)O)[C@H](O)[C@H]2OS(=O)(=O)O)[C@H](O)[C@H]1NS(=O)(=O)O. The van der Waals surface area contributed by atoms with Crippen LogP contribution in [-0.4, -0.2) is 396 Å². The van der Waals surface area contributed by atoms with E-state index in [4.69, 9.17) is 56.8 Å². The molecule has 6 heterocycles. The molecule has 0 spiro atoms. The Balaban J connectivity index is 1.41. The van der Waals surface area contributed by atoms with Crippen molar-refractivity contribution < 1.29 is 264 Å². The highest BCUT2D eigenvalue weighted by Gasteiger charge is 2.62. The molecule has 30 atom stereocenters. The Morgan fingerprint density at radius 1 is 0.321 bits per heavy atom. The standard InChI is InChI=1S/C39H63N3O58S9/c1-2-3-83-34-10(40-101(56,57)58)13(43)20(7(87-34)4-84-104(65,66)67)91-38-27(99-108(77,78)79)18(48)23(29(96-38)32(52)53)94-36-12(42-103(62,63)64)15(45)22(9(89-36)6-86-106(71,72)73)92-39-28(100-109(80,81)82)19(49)24(30(97-39)33(54)55)93-35-11(41-102(59,60)61)14(44)21(8(88-35)5-85-105(68,69)70)90-37-26(98-107(74,75)76)17(47)16(46)25(95-37)31(50)51/h2,7-30,34-49H,1,3-6H2,(H,50,51)(H,52,53)(H,54,55)(H,56,57,58)(H,59,60,61)(H,62,63,64)(H,65,66,67)(H,68,69,70)(H,71,72,73)(H,74,75,76)(H,77,78,79)(H,80,81,82)/t7-,8-,9-,10-,11-,12-,13-,14-,15-,16+,17+,18+,19+,20-,21-,22-,23+,24+,25-,26-,27-,28-,29-,30-,34+,35-,36-,37-,38-,39-/m1/s1. The molecule has 0 aromatic rings. The topological polar surface area (TPSA) is 945 Å². The monoisotopic (exact) mass is 1790 g/mol.